The van der Waals surface area contributed by atoms with Crippen LogP contribution in [0.3, 0.4) is 0 Å². The first-order valence-corrected chi connectivity index (χ1v) is 10.3. The second kappa shape index (κ2) is 9.60. The lowest BCUT2D eigenvalue weighted by Gasteiger charge is -2.23. The predicted octanol–water partition coefficient (Wildman–Crippen LogP) is 2.33. The third kappa shape index (κ3) is 6.20. The molecule has 0 aliphatic carbocycles. The number of hydrogen-bond acceptors (Lipinski definition) is 5. The van der Waals surface area contributed by atoms with Crippen LogP contribution in [0.25, 0.3) is 5.82 Å². The summed E-state index contributed by atoms with van der Waals surface area (Å²) in [5, 5.41) is 6.29. The van der Waals surface area contributed by atoms with Gasteiger partial charge in [-0.3, -0.25) is 4.57 Å². The van der Waals surface area contributed by atoms with Crippen molar-refractivity contribution in [1.29, 1.82) is 0 Å². The van der Waals surface area contributed by atoms with Gasteiger partial charge in [-0.1, -0.05) is 6.07 Å². The predicted molar refractivity (Wildman–Crippen MR) is 116 cm³/mol. The van der Waals surface area contributed by atoms with Gasteiger partial charge in [-0.2, -0.15) is 0 Å². The van der Waals surface area contributed by atoms with Gasteiger partial charge >= 0.3 is 6.09 Å². The zero-order valence-electron chi connectivity index (χ0n) is 18.1. The molecule has 0 aromatic carbocycles. The Morgan fingerprint density at radius 3 is 2.83 bits per heavy atom. The number of ether oxygens (including phenoxy) is 1. The maximum atomic E-state index is 12.0. The lowest BCUT2D eigenvalue weighted by Crippen LogP contribution is -2.44. The molecule has 1 saturated heterocycles. The summed E-state index contributed by atoms with van der Waals surface area (Å²) in [6, 6.07) is 4.02. The molecule has 3 heterocycles. The number of imidazole rings is 1. The largest absolute Gasteiger partial charge is 0.444 e. The molecule has 2 aromatic heterocycles. The van der Waals surface area contributed by atoms with Crippen LogP contribution in [0.1, 0.15) is 39.7 Å². The summed E-state index contributed by atoms with van der Waals surface area (Å²) in [4.78, 5) is 27.5. The van der Waals surface area contributed by atoms with E-state index in [2.05, 4.69) is 25.5 Å². The van der Waals surface area contributed by atoms with Crippen LogP contribution in [-0.4, -0.2) is 62.8 Å². The maximum Gasteiger partial charge on any atom is 0.407 e. The van der Waals surface area contributed by atoms with Crippen molar-refractivity contribution in [3.8, 4) is 5.82 Å². The van der Waals surface area contributed by atoms with Gasteiger partial charge < -0.3 is 20.3 Å². The fraction of sp³-hybridized carbons (Fsp3) is 0.524. The SMILES string of the molecule is CCNC(=NCc1ccc(-n2ccnc2)nc1)N1CCC(NC(=O)OC(C)(C)C)C1. The number of hydrogen-bond donors (Lipinski definition) is 2. The molecule has 1 unspecified atom stereocenters. The van der Waals surface area contributed by atoms with Gasteiger partial charge in [0.05, 0.1) is 12.6 Å². The Balaban J connectivity index is 1.57. The number of rotatable bonds is 5. The standard InChI is InChI=1S/C21H31N7O2/c1-5-23-19(27-10-8-17(14-27)26-20(29)30-21(2,3)4)25-13-16-6-7-18(24-12-16)28-11-9-22-15-28/h6-7,9,11-12,15,17H,5,8,10,13-14H2,1-4H3,(H,23,25)(H,26,29). The summed E-state index contributed by atoms with van der Waals surface area (Å²) in [6.45, 7) is 10.5. The normalized spacial score (nSPS) is 17.1. The van der Waals surface area contributed by atoms with Gasteiger partial charge in [-0.15, -0.1) is 0 Å². The number of guanidine groups is 1. The van der Waals surface area contributed by atoms with Crippen molar-refractivity contribution >= 4 is 12.1 Å². The van der Waals surface area contributed by atoms with E-state index in [4.69, 9.17) is 9.73 Å². The van der Waals surface area contributed by atoms with Crippen LogP contribution in [0, 0.1) is 0 Å². The molecule has 2 N–H and O–H groups in total. The van der Waals surface area contributed by atoms with Gasteiger partial charge in [-0.25, -0.2) is 19.8 Å². The number of amides is 1. The molecule has 0 bridgehead atoms. The van der Waals surface area contributed by atoms with E-state index in [9.17, 15) is 4.79 Å². The first kappa shape index (κ1) is 21.6. The molecule has 0 spiro atoms. The molecule has 0 radical (unpaired) electrons. The highest BCUT2D eigenvalue weighted by Crippen LogP contribution is 2.13. The highest BCUT2D eigenvalue weighted by atomic mass is 16.6. The number of carbonyl (C=O) groups excluding carboxylic acids is 1. The first-order chi connectivity index (χ1) is 14.3. The number of alkyl carbamates (subject to hydrolysis) is 1. The molecule has 30 heavy (non-hydrogen) atoms. The average molecular weight is 414 g/mol. The molecule has 0 saturated carbocycles. The van der Waals surface area contributed by atoms with Crippen molar-refractivity contribution in [2.45, 2.75) is 52.3 Å². The summed E-state index contributed by atoms with van der Waals surface area (Å²) < 4.78 is 7.22. The van der Waals surface area contributed by atoms with E-state index in [-0.39, 0.29) is 12.1 Å². The lowest BCUT2D eigenvalue weighted by molar-refractivity contribution is 0.0507. The Kier molecular flexibility index (Phi) is 6.91. The molecule has 9 heteroatoms. The van der Waals surface area contributed by atoms with Crippen molar-refractivity contribution in [1.82, 2.24) is 30.1 Å². The number of nitrogens with zero attached hydrogens (tertiary/aromatic N) is 5. The topological polar surface area (TPSA) is 96.7 Å². The Morgan fingerprint density at radius 2 is 2.20 bits per heavy atom. The van der Waals surface area contributed by atoms with E-state index in [1.165, 1.54) is 0 Å². The Hall–Kier alpha value is -3.10. The third-order valence-corrected chi connectivity index (χ3v) is 4.53. The summed E-state index contributed by atoms with van der Waals surface area (Å²) in [5.74, 6) is 1.66. The number of aliphatic imine (C=N–C) groups is 1. The minimum atomic E-state index is -0.500. The minimum Gasteiger partial charge on any atom is -0.444 e. The van der Waals surface area contributed by atoms with Gasteiger partial charge in [-0.05, 0) is 45.7 Å². The molecule has 162 valence electrons. The van der Waals surface area contributed by atoms with E-state index in [0.717, 1.165) is 36.9 Å². The van der Waals surface area contributed by atoms with Crippen molar-refractivity contribution in [3.63, 3.8) is 0 Å². The molecule has 1 aliphatic rings. The molecule has 1 amide bonds. The number of aromatic nitrogens is 3. The van der Waals surface area contributed by atoms with Crippen LogP contribution in [0.15, 0.2) is 42.0 Å². The lowest BCUT2D eigenvalue weighted by atomic mass is 10.2. The fourth-order valence-corrected chi connectivity index (χ4v) is 3.19. The van der Waals surface area contributed by atoms with E-state index >= 15 is 0 Å². The van der Waals surface area contributed by atoms with Crippen molar-refractivity contribution in [3.05, 3.63) is 42.6 Å². The summed E-state index contributed by atoms with van der Waals surface area (Å²) >= 11 is 0. The van der Waals surface area contributed by atoms with E-state index in [1.54, 1.807) is 12.5 Å². The van der Waals surface area contributed by atoms with Gasteiger partial charge in [0.25, 0.3) is 0 Å². The average Bonchev–Trinajstić information content (AvgIpc) is 3.36. The van der Waals surface area contributed by atoms with Crippen LogP contribution < -0.4 is 10.6 Å². The quantitative estimate of drug-likeness (QED) is 0.577. The Morgan fingerprint density at radius 1 is 1.37 bits per heavy atom. The first-order valence-electron chi connectivity index (χ1n) is 10.3. The monoisotopic (exact) mass is 413 g/mol. The second-order valence-corrected chi connectivity index (χ2v) is 8.24. The molecule has 3 rings (SSSR count). The van der Waals surface area contributed by atoms with Gasteiger partial charge in [0.15, 0.2) is 5.96 Å². The molecule has 2 aromatic rings. The van der Waals surface area contributed by atoms with Crippen LogP contribution >= 0.6 is 0 Å². The molecular weight excluding hydrogens is 382 g/mol. The highest BCUT2D eigenvalue weighted by molar-refractivity contribution is 5.80. The van der Waals surface area contributed by atoms with Gasteiger partial charge in [0.1, 0.15) is 17.7 Å². The summed E-state index contributed by atoms with van der Waals surface area (Å²) in [5.41, 5.74) is 0.525. The van der Waals surface area contributed by atoms with E-state index < -0.39 is 5.60 Å². The second-order valence-electron chi connectivity index (χ2n) is 8.24. The molecule has 1 aliphatic heterocycles. The summed E-state index contributed by atoms with van der Waals surface area (Å²) in [6.07, 6.45) is 7.62. The molecule has 1 atom stereocenters. The van der Waals surface area contributed by atoms with E-state index in [0.29, 0.717) is 13.1 Å². The Bertz CT molecular complexity index is 841. The maximum absolute atomic E-state index is 12.0. The van der Waals surface area contributed by atoms with Gasteiger partial charge in [0.2, 0.25) is 0 Å². The zero-order valence-corrected chi connectivity index (χ0v) is 18.1. The van der Waals surface area contributed by atoms with E-state index in [1.807, 2.05) is 56.8 Å². The third-order valence-electron chi connectivity index (χ3n) is 4.53. The van der Waals surface area contributed by atoms with Crippen LogP contribution in [-0.2, 0) is 11.3 Å². The number of likely N-dealkylation sites (tertiary alicyclic amines) is 1. The zero-order chi connectivity index (χ0) is 21.6. The smallest absolute Gasteiger partial charge is 0.407 e. The van der Waals surface area contributed by atoms with Crippen molar-refractivity contribution < 1.29 is 9.53 Å². The van der Waals surface area contributed by atoms with Crippen molar-refractivity contribution in [2.24, 2.45) is 4.99 Å². The van der Waals surface area contributed by atoms with Crippen LogP contribution in [0.4, 0.5) is 4.79 Å². The van der Waals surface area contributed by atoms with Crippen molar-refractivity contribution in [2.75, 3.05) is 19.6 Å². The molecular formula is C21H31N7O2. The van der Waals surface area contributed by atoms with Crippen LogP contribution in [0.5, 0.6) is 0 Å². The van der Waals surface area contributed by atoms with Crippen LogP contribution in [0.2, 0.25) is 0 Å². The fourth-order valence-electron chi connectivity index (χ4n) is 3.19. The Labute approximate surface area is 177 Å². The number of pyridine rings is 1. The number of carbonyl (C=O) groups is 1. The highest BCUT2D eigenvalue weighted by Gasteiger charge is 2.27. The summed E-state index contributed by atoms with van der Waals surface area (Å²) in [7, 11) is 0. The van der Waals surface area contributed by atoms with Gasteiger partial charge in [0, 0.05) is 38.2 Å². The molecule has 9 nitrogen and oxygen atoms in total. The number of nitrogens with one attached hydrogen (secondary N) is 2. The molecule has 1 fully saturated rings. The minimum absolute atomic E-state index is 0.0415.